The van der Waals surface area contributed by atoms with Crippen LogP contribution in [0.5, 0.6) is 0 Å². The number of rotatable bonds is 4. The Morgan fingerprint density at radius 1 is 1.25 bits per heavy atom. The summed E-state index contributed by atoms with van der Waals surface area (Å²) in [7, 11) is 0. The molecule has 0 aromatic heterocycles. The zero-order valence-electron chi connectivity index (χ0n) is 15.5. The van der Waals surface area contributed by atoms with Crippen LogP contribution in [0.25, 0.3) is 0 Å². The van der Waals surface area contributed by atoms with Gasteiger partial charge in [-0.3, -0.25) is 14.4 Å². The molecule has 4 rings (SSSR count). The fourth-order valence-corrected chi connectivity index (χ4v) is 4.66. The molecule has 3 amide bonds. The van der Waals surface area contributed by atoms with E-state index in [9.17, 15) is 14.4 Å². The van der Waals surface area contributed by atoms with Gasteiger partial charge in [-0.05, 0) is 49.2 Å². The van der Waals surface area contributed by atoms with E-state index < -0.39 is 5.25 Å². The van der Waals surface area contributed by atoms with Crippen molar-refractivity contribution in [2.24, 2.45) is 0 Å². The lowest BCUT2D eigenvalue weighted by Crippen LogP contribution is -2.32. The SMILES string of the molecule is Cc1cc(NC(=O)C[C@@H]2Sc3ccccc3NC2=O)ccc1N1CCCC1=O. The van der Waals surface area contributed by atoms with Crippen molar-refractivity contribution in [2.75, 3.05) is 22.1 Å². The molecule has 1 saturated heterocycles. The number of para-hydroxylation sites is 1. The summed E-state index contributed by atoms with van der Waals surface area (Å²) in [6.07, 6.45) is 1.55. The van der Waals surface area contributed by atoms with E-state index >= 15 is 0 Å². The highest BCUT2D eigenvalue weighted by Gasteiger charge is 2.29. The second-order valence-corrected chi connectivity index (χ2v) is 8.24. The third-order valence-electron chi connectivity index (χ3n) is 4.92. The molecule has 0 unspecified atom stereocenters. The number of fused-ring (bicyclic) bond motifs is 1. The Balaban J connectivity index is 1.41. The Morgan fingerprint density at radius 2 is 2.07 bits per heavy atom. The zero-order valence-corrected chi connectivity index (χ0v) is 16.3. The third-order valence-corrected chi connectivity index (χ3v) is 6.20. The van der Waals surface area contributed by atoms with Crippen LogP contribution in [-0.2, 0) is 14.4 Å². The number of nitrogens with one attached hydrogen (secondary N) is 2. The summed E-state index contributed by atoms with van der Waals surface area (Å²) in [6, 6.07) is 13.1. The Morgan fingerprint density at radius 3 is 2.82 bits per heavy atom. The molecule has 0 aliphatic carbocycles. The molecule has 7 heteroatoms. The topological polar surface area (TPSA) is 78.5 Å². The summed E-state index contributed by atoms with van der Waals surface area (Å²) < 4.78 is 0. The van der Waals surface area contributed by atoms with Crippen molar-refractivity contribution in [3.63, 3.8) is 0 Å². The van der Waals surface area contributed by atoms with Crippen molar-refractivity contribution < 1.29 is 14.4 Å². The zero-order chi connectivity index (χ0) is 19.7. The molecule has 2 aromatic carbocycles. The Hall–Kier alpha value is -2.80. The molecule has 0 bridgehead atoms. The van der Waals surface area contributed by atoms with Crippen LogP contribution < -0.4 is 15.5 Å². The molecule has 2 heterocycles. The molecule has 0 radical (unpaired) electrons. The second-order valence-electron chi connectivity index (χ2n) is 6.99. The smallest absolute Gasteiger partial charge is 0.238 e. The van der Waals surface area contributed by atoms with E-state index in [4.69, 9.17) is 0 Å². The van der Waals surface area contributed by atoms with Crippen LogP contribution in [0, 0.1) is 6.92 Å². The fourth-order valence-electron chi connectivity index (χ4n) is 3.55. The van der Waals surface area contributed by atoms with Gasteiger partial charge in [0, 0.05) is 35.7 Å². The first-order valence-corrected chi connectivity index (χ1v) is 10.2. The van der Waals surface area contributed by atoms with E-state index in [1.807, 2.05) is 43.3 Å². The Bertz CT molecular complexity index is 960. The minimum Gasteiger partial charge on any atom is -0.326 e. The molecule has 0 spiro atoms. The average Bonchev–Trinajstić information content (AvgIpc) is 3.08. The predicted molar refractivity (Wildman–Crippen MR) is 111 cm³/mol. The van der Waals surface area contributed by atoms with Crippen molar-refractivity contribution in [1.82, 2.24) is 0 Å². The summed E-state index contributed by atoms with van der Waals surface area (Å²) in [6.45, 7) is 2.67. The number of thioether (sulfide) groups is 1. The van der Waals surface area contributed by atoms with Gasteiger partial charge in [0.1, 0.15) is 0 Å². The quantitative estimate of drug-likeness (QED) is 0.830. The summed E-state index contributed by atoms with van der Waals surface area (Å²) >= 11 is 1.41. The number of nitrogens with zero attached hydrogens (tertiary/aromatic N) is 1. The van der Waals surface area contributed by atoms with Crippen LogP contribution in [-0.4, -0.2) is 29.5 Å². The molecular weight excluding hydrogens is 374 g/mol. The normalized spacial score (nSPS) is 18.6. The maximum Gasteiger partial charge on any atom is 0.238 e. The maximum atomic E-state index is 12.5. The van der Waals surface area contributed by atoms with Crippen LogP contribution in [0.2, 0.25) is 0 Å². The highest BCUT2D eigenvalue weighted by atomic mass is 32.2. The molecule has 6 nitrogen and oxygen atoms in total. The van der Waals surface area contributed by atoms with Crippen molar-refractivity contribution in [3.8, 4) is 0 Å². The van der Waals surface area contributed by atoms with Gasteiger partial charge in [0.2, 0.25) is 17.7 Å². The standard InChI is InChI=1S/C21H21N3O3S/c1-13-11-14(8-9-16(13)24-10-4-7-20(24)26)22-19(25)12-18-21(27)23-15-5-2-3-6-17(15)28-18/h2-3,5-6,8-9,11,18H,4,7,10,12H2,1H3,(H,22,25)(H,23,27)/t18-/m0/s1. The highest BCUT2D eigenvalue weighted by molar-refractivity contribution is 8.01. The minimum absolute atomic E-state index is 0.0935. The number of anilines is 3. The first-order chi connectivity index (χ1) is 13.5. The van der Waals surface area contributed by atoms with Crippen molar-refractivity contribution in [2.45, 2.75) is 36.3 Å². The van der Waals surface area contributed by atoms with Crippen molar-refractivity contribution in [3.05, 3.63) is 48.0 Å². The van der Waals surface area contributed by atoms with Crippen LogP contribution in [0.4, 0.5) is 17.1 Å². The number of amides is 3. The lowest BCUT2D eigenvalue weighted by Gasteiger charge is -2.23. The van der Waals surface area contributed by atoms with E-state index in [0.29, 0.717) is 12.1 Å². The van der Waals surface area contributed by atoms with E-state index in [1.165, 1.54) is 11.8 Å². The molecule has 144 valence electrons. The van der Waals surface area contributed by atoms with E-state index in [0.717, 1.165) is 34.8 Å². The van der Waals surface area contributed by atoms with Gasteiger partial charge in [-0.2, -0.15) is 0 Å². The number of carbonyl (C=O) groups is 3. The van der Waals surface area contributed by atoms with Gasteiger partial charge in [-0.25, -0.2) is 0 Å². The molecule has 28 heavy (non-hydrogen) atoms. The van der Waals surface area contributed by atoms with Crippen LogP contribution in [0.15, 0.2) is 47.4 Å². The molecule has 1 fully saturated rings. The molecule has 2 aromatic rings. The Labute approximate surface area is 167 Å². The summed E-state index contributed by atoms with van der Waals surface area (Å²) in [4.78, 5) is 39.5. The van der Waals surface area contributed by atoms with Gasteiger partial charge in [-0.15, -0.1) is 11.8 Å². The summed E-state index contributed by atoms with van der Waals surface area (Å²) in [5, 5.41) is 5.26. The first-order valence-electron chi connectivity index (χ1n) is 9.29. The highest BCUT2D eigenvalue weighted by Crippen LogP contribution is 2.36. The molecule has 1 atom stereocenters. The molecule has 0 saturated carbocycles. The van der Waals surface area contributed by atoms with Gasteiger partial charge < -0.3 is 15.5 Å². The fraction of sp³-hybridized carbons (Fsp3) is 0.286. The van der Waals surface area contributed by atoms with Gasteiger partial charge in [-0.1, -0.05) is 12.1 Å². The number of aryl methyl sites for hydroxylation is 1. The monoisotopic (exact) mass is 395 g/mol. The molecule has 2 N–H and O–H groups in total. The lowest BCUT2D eigenvalue weighted by atomic mass is 10.1. The number of carbonyl (C=O) groups excluding carboxylic acids is 3. The predicted octanol–water partition coefficient (Wildman–Crippen LogP) is 3.56. The van der Waals surface area contributed by atoms with Crippen LogP contribution in [0.1, 0.15) is 24.8 Å². The van der Waals surface area contributed by atoms with Crippen LogP contribution in [0.3, 0.4) is 0 Å². The van der Waals surface area contributed by atoms with Crippen molar-refractivity contribution in [1.29, 1.82) is 0 Å². The van der Waals surface area contributed by atoms with Crippen LogP contribution >= 0.6 is 11.8 Å². The molecule has 2 aliphatic rings. The largest absolute Gasteiger partial charge is 0.326 e. The van der Waals surface area contributed by atoms with Gasteiger partial charge in [0.15, 0.2) is 0 Å². The van der Waals surface area contributed by atoms with Crippen molar-refractivity contribution >= 4 is 46.5 Å². The summed E-state index contributed by atoms with van der Waals surface area (Å²) in [5.74, 6) is -0.227. The first kappa shape index (κ1) is 18.6. The van der Waals surface area contributed by atoms with E-state index in [2.05, 4.69) is 10.6 Å². The maximum absolute atomic E-state index is 12.5. The molecular formula is C21H21N3O3S. The molecule has 2 aliphatic heterocycles. The van der Waals surface area contributed by atoms with Gasteiger partial charge in [0.05, 0.1) is 10.9 Å². The second kappa shape index (κ2) is 7.67. The average molecular weight is 395 g/mol. The number of benzene rings is 2. The minimum atomic E-state index is -0.461. The number of hydrogen-bond acceptors (Lipinski definition) is 4. The Kier molecular flexibility index (Phi) is 5.09. The van der Waals surface area contributed by atoms with Gasteiger partial charge in [0.25, 0.3) is 0 Å². The van der Waals surface area contributed by atoms with E-state index in [1.54, 1.807) is 11.0 Å². The lowest BCUT2D eigenvalue weighted by molar-refractivity contribution is -0.120. The van der Waals surface area contributed by atoms with Gasteiger partial charge >= 0.3 is 0 Å². The third kappa shape index (κ3) is 3.75. The van der Waals surface area contributed by atoms with E-state index in [-0.39, 0.29) is 24.1 Å². The number of hydrogen-bond donors (Lipinski definition) is 2. The summed E-state index contributed by atoms with van der Waals surface area (Å²) in [5.41, 5.74) is 3.28.